The third kappa shape index (κ3) is 1.01. The SMILES string of the molecule is NC(=O)n1c(O)cc2ccncc21. The van der Waals surface area contributed by atoms with Crippen LogP contribution in [0.4, 0.5) is 4.79 Å². The molecule has 13 heavy (non-hydrogen) atoms. The Morgan fingerprint density at radius 2 is 2.38 bits per heavy atom. The van der Waals surface area contributed by atoms with Gasteiger partial charge in [0.05, 0.1) is 11.7 Å². The number of nitrogens with zero attached hydrogens (tertiary/aromatic N) is 2. The van der Waals surface area contributed by atoms with Crippen molar-refractivity contribution in [2.45, 2.75) is 0 Å². The highest BCUT2D eigenvalue weighted by atomic mass is 16.3. The van der Waals surface area contributed by atoms with Crippen LogP contribution in [-0.2, 0) is 0 Å². The third-order valence-electron chi connectivity index (χ3n) is 1.81. The lowest BCUT2D eigenvalue weighted by atomic mass is 10.3. The van der Waals surface area contributed by atoms with E-state index in [4.69, 9.17) is 5.73 Å². The fraction of sp³-hybridized carbons (Fsp3) is 0. The molecule has 1 amide bonds. The van der Waals surface area contributed by atoms with Gasteiger partial charge in [-0.1, -0.05) is 0 Å². The van der Waals surface area contributed by atoms with E-state index in [0.717, 1.165) is 9.95 Å². The second kappa shape index (κ2) is 2.48. The molecule has 0 aliphatic carbocycles. The van der Waals surface area contributed by atoms with Gasteiger partial charge < -0.3 is 10.8 Å². The van der Waals surface area contributed by atoms with Crippen LogP contribution in [0.3, 0.4) is 0 Å². The van der Waals surface area contributed by atoms with Crippen molar-refractivity contribution in [3.8, 4) is 5.88 Å². The summed E-state index contributed by atoms with van der Waals surface area (Å²) in [6.07, 6.45) is 3.05. The molecule has 5 nitrogen and oxygen atoms in total. The van der Waals surface area contributed by atoms with Crippen LogP contribution in [-0.4, -0.2) is 20.7 Å². The summed E-state index contributed by atoms with van der Waals surface area (Å²) in [5.74, 6) is -0.171. The van der Waals surface area contributed by atoms with Gasteiger partial charge >= 0.3 is 6.03 Å². The van der Waals surface area contributed by atoms with Crippen LogP contribution in [0.15, 0.2) is 24.5 Å². The maximum atomic E-state index is 10.9. The Labute approximate surface area is 73.4 Å². The topological polar surface area (TPSA) is 81.1 Å². The lowest BCUT2D eigenvalue weighted by Crippen LogP contribution is -2.18. The zero-order valence-corrected chi connectivity index (χ0v) is 6.64. The number of hydrogen-bond donors (Lipinski definition) is 2. The van der Waals surface area contributed by atoms with Crippen LogP contribution in [0.1, 0.15) is 0 Å². The zero-order valence-electron chi connectivity index (χ0n) is 6.64. The molecule has 0 bridgehead atoms. The molecule has 0 fully saturated rings. The van der Waals surface area contributed by atoms with Gasteiger partial charge in [-0.25, -0.2) is 9.36 Å². The van der Waals surface area contributed by atoms with Crippen molar-refractivity contribution in [3.63, 3.8) is 0 Å². The number of fused-ring (bicyclic) bond motifs is 1. The maximum Gasteiger partial charge on any atom is 0.326 e. The molecule has 0 aromatic carbocycles. The van der Waals surface area contributed by atoms with Crippen LogP contribution in [0.25, 0.3) is 10.9 Å². The summed E-state index contributed by atoms with van der Waals surface area (Å²) in [6.45, 7) is 0. The Hall–Kier alpha value is -2.04. The predicted molar refractivity (Wildman–Crippen MR) is 46.4 cm³/mol. The van der Waals surface area contributed by atoms with E-state index in [-0.39, 0.29) is 5.88 Å². The Kier molecular flexibility index (Phi) is 1.45. The van der Waals surface area contributed by atoms with Crippen molar-refractivity contribution in [2.75, 3.05) is 0 Å². The molecule has 0 saturated carbocycles. The van der Waals surface area contributed by atoms with Gasteiger partial charge in [0.25, 0.3) is 0 Å². The molecular weight excluding hydrogens is 170 g/mol. The summed E-state index contributed by atoms with van der Waals surface area (Å²) < 4.78 is 1.00. The van der Waals surface area contributed by atoms with Gasteiger partial charge in [-0.2, -0.15) is 0 Å². The molecule has 2 aromatic heterocycles. The van der Waals surface area contributed by atoms with Crippen molar-refractivity contribution >= 4 is 16.9 Å². The Balaban J connectivity index is 2.86. The number of amides is 1. The maximum absolute atomic E-state index is 10.9. The van der Waals surface area contributed by atoms with Crippen molar-refractivity contribution in [3.05, 3.63) is 24.5 Å². The van der Waals surface area contributed by atoms with Crippen LogP contribution in [0.5, 0.6) is 5.88 Å². The molecule has 0 atom stereocenters. The molecule has 5 heteroatoms. The largest absolute Gasteiger partial charge is 0.494 e. The molecule has 66 valence electrons. The number of hydrogen-bond acceptors (Lipinski definition) is 3. The first kappa shape index (κ1) is 7.60. The second-order valence-corrected chi connectivity index (χ2v) is 2.61. The van der Waals surface area contributed by atoms with Crippen molar-refractivity contribution in [1.82, 2.24) is 9.55 Å². The van der Waals surface area contributed by atoms with E-state index in [9.17, 15) is 9.90 Å². The van der Waals surface area contributed by atoms with E-state index >= 15 is 0 Å². The first-order chi connectivity index (χ1) is 6.20. The molecule has 0 aliphatic heterocycles. The predicted octanol–water partition coefficient (Wildman–Crippen LogP) is 0.669. The number of carbonyl (C=O) groups excluding carboxylic acids is 1. The lowest BCUT2D eigenvalue weighted by molar-refractivity contribution is 0.248. The fourth-order valence-corrected chi connectivity index (χ4v) is 1.26. The van der Waals surface area contributed by atoms with Crippen LogP contribution >= 0.6 is 0 Å². The smallest absolute Gasteiger partial charge is 0.326 e. The number of pyridine rings is 1. The Bertz CT molecular complexity index is 475. The Morgan fingerprint density at radius 1 is 1.62 bits per heavy atom. The van der Waals surface area contributed by atoms with Crippen molar-refractivity contribution in [2.24, 2.45) is 5.73 Å². The van der Waals surface area contributed by atoms with Gasteiger partial charge in [0, 0.05) is 17.6 Å². The summed E-state index contributed by atoms with van der Waals surface area (Å²) in [5.41, 5.74) is 5.57. The van der Waals surface area contributed by atoms with E-state index in [2.05, 4.69) is 4.98 Å². The average Bonchev–Trinajstić information content (AvgIpc) is 2.39. The first-order valence-electron chi connectivity index (χ1n) is 3.64. The number of nitrogens with two attached hydrogens (primary N) is 1. The summed E-state index contributed by atoms with van der Waals surface area (Å²) in [5, 5.41) is 10.1. The van der Waals surface area contributed by atoms with Gasteiger partial charge in [0.15, 0.2) is 5.88 Å². The quantitative estimate of drug-likeness (QED) is 0.620. The molecule has 0 radical (unpaired) electrons. The monoisotopic (exact) mass is 177 g/mol. The standard InChI is InChI=1S/C8H7N3O2/c9-8(13)11-6-4-10-2-1-5(6)3-7(11)12/h1-4,12H,(H2,9,13). The van der Waals surface area contributed by atoms with Gasteiger partial charge in [0.1, 0.15) is 0 Å². The normalized spacial score (nSPS) is 10.5. The molecule has 2 heterocycles. The van der Waals surface area contributed by atoms with E-state index < -0.39 is 6.03 Å². The molecule has 2 aromatic rings. The molecule has 0 saturated heterocycles. The summed E-state index contributed by atoms with van der Waals surface area (Å²) in [7, 11) is 0. The minimum absolute atomic E-state index is 0.171. The van der Waals surface area contributed by atoms with Gasteiger partial charge in [-0.3, -0.25) is 4.98 Å². The fourth-order valence-electron chi connectivity index (χ4n) is 1.26. The average molecular weight is 177 g/mol. The molecule has 2 rings (SSSR count). The van der Waals surface area contributed by atoms with E-state index in [1.54, 1.807) is 12.3 Å². The zero-order chi connectivity index (χ0) is 9.42. The third-order valence-corrected chi connectivity index (χ3v) is 1.81. The van der Waals surface area contributed by atoms with Gasteiger partial charge in [-0.05, 0) is 6.07 Å². The Morgan fingerprint density at radius 3 is 3.08 bits per heavy atom. The highest BCUT2D eigenvalue weighted by Gasteiger charge is 2.10. The highest BCUT2D eigenvalue weighted by molar-refractivity contribution is 5.92. The van der Waals surface area contributed by atoms with Gasteiger partial charge in [-0.15, -0.1) is 0 Å². The van der Waals surface area contributed by atoms with Crippen LogP contribution in [0.2, 0.25) is 0 Å². The minimum Gasteiger partial charge on any atom is -0.494 e. The van der Waals surface area contributed by atoms with E-state index in [1.165, 1.54) is 12.3 Å². The summed E-state index contributed by atoms with van der Waals surface area (Å²) in [4.78, 5) is 14.7. The lowest BCUT2D eigenvalue weighted by Gasteiger charge is -1.98. The number of aromatic nitrogens is 2. The molecular formula is C8H7N3O2. The molecule has 3 N–H and O–H groups in total. The minimum atomic E-state index is -0.722. The summed E-state index contributed by atoms with van der Waals surface area (Å²) >= 11 is 0. The second-order valence-electron chi connectivity index (χ2n) is 2.61. The first-order valence-corrected chi connectivity index (χ1v) is 3.64. The number of carbonyl (C=O) groups is 1. The van der Waals surface area contributed by atoms with Crippen molar-refractivity contribution < 1.29 is 9.90 Å². The molecule has 0 unspecified atom stereocenters. The highest BCUT2D eigenvalue weighted by Crippen LogP contribution is 2.22. The summed E-state index contributed by atoms with van der Waals surface area (Å²) in [6, 6.07) is 2.43. The van der Waals surface area contributed by atoms with E-state index in [1.807, 2.05) is 0 Å². The number of primary amides is 1. The van der Waals surface area contributed by atoms with Gasteiger partial charge in [0.2, 0.25) is 0 Å². The molecule has 0 spiro atoms. The van der Waals surface area contributed by atoms with Crippen LogP contribution < -0.4 is 5.73 Å². The van der Waals surface area contributed by atoms with E-state index in [0.29, 0.717) is 5.52 Å². The number of rotatable bonds is 0. The molecule has 0 aliphatic rings. The number of aromatic hydroxyl groups is 1. The van der Waals surface area contributed by atoms with Crippen LogP contribution in [0, 0.1) is 0 Å². The van der Waals surface area contributed by atoms with Crippen molar-refractivity contribution in [1.29, 1.82) is 0 Å².